The maximum Gasteiger partial charge on any atom is 0.271 e. The average molecular weight is 354 g/mol. The smallest absolute Gasteiger partial charge is 0.271 e. The van der Waals surface area contributed by atoms with E-state index in [0.717, 1.165) is 5.56 Å². The molecule has 0 aliphatic rings. The Bertz CT molecular complexity index is 834. The number of hydrogen-bond donors (Lipinski definition) is 2. The molecule has 8 nitrogen and oxygen atoms in total. The van der Waals surface area contributed by atoms with Gasteiger partial charge in [-0.1, -0.05) is 36.4 Å². The van der Waals surface area contributed by atoms with Gasteiger partial charge in [0.15, 0.2) is 0 Å². The van der Waals surface area contributed by atoms with Gasteiger partial charge in [0.2, 0.25) is 11.8 Å². The molecule has 0 saturated heterocycles. The lowest BCUT2D eigenvalue weighted by atomic mass is 10.1. The van der Waals surface area contributed by atoms with Gasteiger partial charge in [-0.25, -0.2) is 5.43 Å². The number of anilines is 1. The van der Waals surface area contributed by atoms with Crippen molar-refractivity contribution in [1.29, 1.82) is 0 Å². The number of non-ortho nitro benzene ring substituents is 1. The molecule has 0 saturated carbocycles. The number of hydrogen-bond acceptors (Lipinski definition) is 5. The molecular weight excluding hydrogens is 336 g/mol. The van der Waals surface area contributed by atoms with Gasteiger partial charge >= 0.3 is 0 Å². The van der Waals surface area contributed by atoms with E-state index in [1.807, 2.05) is 30.3 Å². The second-order valence-corrected chi connectivity index (χ2v) is 5.58. The highest BCUT2D eigenvalue weighted by atomic mass is 16.6. The molecule has 0 bridgehead atoms. The first-order chi connectivity index (χ1) is 12.4. The van der Waals surface area contributed by atoms with Crippen LogP contribution >= 0.6 is 0 Å². The van der Waals surface area contributed by atoms with Crippen LogP contribution in [-0.4, -0.2) is 22.4 Å². The van der Waals surface area contributed by atoms with Crippen molar-refractivity contribution in [3.63, 3.8) is 0 Å². The molecule has 0 spiro atoms. The number of nitrogens with zero attached hydrogens (tertiary/aromatic N) is 2. The Labute approximate surface area is 150 Å². The third-order valence-corrected chi connectivity index (χ3v) is 3.34. The van der Waals surface area contributed by atoms with Gasteiger partial charge in [-0.15, -0.1) is 0 Å². The molecule has 8 heteroatoms. The third-order valence-electron chi connectivity index (χ3n) is 3.34. The zero-order valence-electron chi connectivity index (χ0n) is 14.1. The summed E-state index contributed by atoms with van der Waals surface area (Å²) in [5, 5.41) is 17.2. The highest BCUT2D eigenvalue weighted by Crippen LogP contribution is 2.17. The lowest BCUT2D eigenvalue weighted by molar-refractivity contribution is -0.384. The summed E-state index contributed by atoms with van der Waals surface area (Å²) in [6, 6.07) is 14.9. The van der Waals surface area contributed by atoms with E-state index in [-0.39, 0.29) is 30.3 Å². The summed E-state index contributed by atoms with van der Waals surface area (Å²) < 4.78 is 0. The van der Waals surface area contributed by atoms with E-state index in [1.54, 1.807) is 13.0 Å². The van der Waals surface area contributed by atoms with Crippen molar-refractivity contribution in [2.45, 2.75) is 19.8 Å². The van der Waals surface area contributed by atoms with E-state index in [4.69, 9.17) is 0 Å². The molecule has 0 atom stereocenters. The molecule has 2 aromatic rings. The van der Waals surface area contributed by atoms with Crippen LogP contribution in [0.15, 0.2) is 59.7 Å². The number of benzene rings is 2. The van der Waals surface area contributed by atoms with Crippen LogP contribution in [0, 0.1) is 10.1 Å². The monoisotopic (exact) mass is 354 g/mol. The van der Waals surface area contributed by atoms with Crippen LogP contribution in [0.4, 0.5) is 11.4 Å². The second kappa shape index (κ2) is 9.07. The summed E-state index contributed by atoms with van der Waals surface area (Å²) >= 11 is 0. The highest BCUT2D eigenvalue weighted by molar-refractivity contribution is 6.05. The number of hydrazone groups is 1. The minimum atomic E-state index is -0.537. The molecule has 26 heavy (non-hydrogen) atoms. The molecule has 2 N–H and O–H groups in total. The molecule has 2 aromatic carbocycles. The first-order valence-electron chi connectivity index (χ1n) is 7.84. The van der Waals surface area contributed by atoms with Crippen LogP contribution < -0.4 is 10.7 Å². The van der Waals surface area contributed by atoms with Gasteiger partial charge < -0.3 is 5.32 Å². The first-order valence-corrected chi connectivity index (χ1v) is 7.84. The van der Waals surface area contributed by atoms with Crippen LogP contribution in [0.2, 0.25) is 0 Å². The van der Waals surface area contributed by atoms with Gasteiger partial charge in [-0.3, -0.25) is 19.7 Å². The van der Waals surface area contributed by atoms with E-state index in [0.29, 0.717) is 11.4 Å². The Morgan fingerprint density at radius 3 is 2.50 bits per heavy atom. The fourth-order valence-corrected chi connectivity index (χ4v) is 2.15. The van der Waals surface area contributed by atoms with Crippen LogP contribution in [0.25, 0.3) is 0 Å². The number of nitro benzene ring substituents is 1. The lowest BCUT2D eigenvalue weighted by Crippen LogP contribution is -2.22. The third kappa shape index (κ3) is 6.16. The highest BCUT2D eigenvalue weighted by Gasteiger charge is 2.09. The maximum absolute atomic E-state index is 12.0. The van der Waals surface area contributed by atoms with Crippen molar-refractivity contribution in [2.24, 2.45) is 5.10 Å². The Morgan fingerprint density at radius 1 is 1.08 bits per heavy atom. The number of nitrogens with one attached hydrogen (secondary N) is 2. The minimum Gasteiger partial charge on any atom is -0.326 e. The summed E-state index contributed by atoms with van der Waals surface area (Å²) in [5.74, 6) is -0.668. The van der Waals surface area contributed by atoms with Crippen molar-refractivity contribution < 1.29 is 14.5 Å². The number of rotatable bonds is 7. The molecule has 0 aliphatic heterocycles. The predicted molar refractivity (Wildman–Crippen MR) is 97.7 cm³/mol. The van der Waals surface area contributed by atoms with Crippen molar-refractivity contribution in [2.75, 3.05) is 5.32 Å². The van der Waals surface area contributed by atoms with Gasteiger partial charge in [-0.2, -0.15) is 5.10 Å². The summed E-state index contributed by atoms with van der Waals surface area (Å²) in [5.41, 5.74) is 3.89. The number of carbonyl (C=O) groups is 2. The lowest BCUT2D eigenvalue weighted by Gasteiger charge is -2.05. The van der Waals surface area contributed by atoms with Crippen molar-refractivity contribution >= 4 is 28.9 Å². The van der Waals surface area contributed by atoms with Crippen molar-refractivity contribution in [3.05, 3.63) is 70.3 Å². The number of carbonyl (C=O) groups excluding carboxylic acids is 2. The minimum absolute atomic E-state index is 0.0473. The molecular formula is C18H18N4O4. The zero-order valence-corrected chi connectivity index (χ0v) is 14.1. The van der Waals surface area contributed by atoms with E-state index < -0.39 is 4.92 Å². The van der Waals surface area contributed by atoms with Gasteiger partial charge in [0.05, 0.1) is 17.8 Å². The van der Waals surface area contributed by atoms with Crippen molar-refractivity contribution in [1.82, 2.24) is 5.43 Å². The van der Waals surface area contributed by atoms with Crippen LogP contribution in [-0.2, 0) is 16.0 Å². The molecule has 0 aromatic heterocycles. The maximum atomic E-state index is 12.0. The normalized spacial score (nSPS) is 10.9. The fraction of sp³-hybridized carbons (Fsp3) is 0.167. The molecule has 0 unspecified atom stereocenters. The number of nitro groups is 1. The van der Waals surface area contributed by atoms with Gasteiger partial charge in [0.25, 0.3) is 5.69 Å². The number of amides is 2. The second-order valence-electron chi connectivity index (χ2n) is 5.58. The first kappa shape index (κ1) is 18.8. The summed E-state index contributed by atoms with van der Waals surface area (Å²) in [7, 11) is 0. The molecule has 134 valence electrons. The SMILES string of the molecule is CC(CC(=O)Nc1cccc([N+](=O)[O-])c1)=NNC(=O)Cc1ccccc1. The summed E-state index contributed by atoms with van der Waals surface area (Å²) in [6.45, 7) is 1.61. The molecule has 0 fully saturated rings. The van der Waals surface area contributed by atoms with Gasteiger partial charge in [-0.05, 0) is 18.6 Å². The van der Waals surface area contributed by atoms with Gasteiger partial charge in [0, 0.05) is 23.5 Å². The topological polar surface area (TPSA) is 114 Å². The van der Waals surface area contributed by atoms with E-state index in [1.165, 1.54) is 18.2 Å². The fourth-order valence-electron chi connectivity index (χ4n) is 2.15. The predicted octanol–water partition coefficient (Wildman–Crippen LogP) is 2.66. The summed E-state index contributed by atoms with van der Waals surface area (Å²) in [4.78, 5) is 34.0. The Kier molecular flexibility index (Phi) is 6.55. The Hall–Kier alpha value is -3.55. The molecule has 0 aliphatic carbocycles. The summed E-state index contributed by atoms with van der Waals surface area (Å²) in [6.07, 6.45) is 0.145. The van der Waals surface area contributed by atoms with E-state index >= 15 is 0 Å². The quantitative estimate of drug-likeness (QED) is 0.452. The Balaban J connectivity index is 1.84. The van der Waals surface area contributed by atoms with E-state index in [9.17, 15) is 19.7 Å². The molecule has 0 heterocycles. The van der Waals surface area contributed by atoms with Gasteiger partial charge in [0.1, 0.15) is 0 Å². The van der Waals surface area contributed by atoms with Crippen molar-refractivity contribution in [3.8, 4) is 0 Å². The average Bonchev–Trinajstić information content (AvgIpc) is 2.61. The van der Waals surface area contributed by atoms with Crippen LogP contribution in [0.5, 0.6) is 0 Å². The molecule has 2 rings (SSSR count). The Morgan fingerprint density at radius 2 is 1.81 bits per heavy atom. The van der Waals surface area contributed by atoms with E-state index in [2.05, 4.69) is 15.8 Å². The van der Waals surface area contributed by atoms with Crippen LogP contribution in [0.1, 0.15) is 18.9 Å². The molecule has 2 amide bonds. The largest absolute Gasteiger partial charge is 0.326 e. The standard InChI is InChI=1S/C18H18N4O4/c1-13(20-21-18(24)11-14-6-3-2-4-7-14)10-17(23)19-15-8-5-9-16(12-15)22(25)26/h2-9,12H,10-11H2,1H3,(H,19,23)(H,21,24). The molecule has 0 radical (unpaired) electrons. The zero-order chi connectivity index (χ0) is 18.9. The van der Waals surface area contributed by atoms with Crippen LogP contribution in [0.3, 0.4) is 0 Å².